The largest absolute Gasteiger partial charge is 0.493 e. The van der Waals surface area contributed by atoms with Crippen molar-refractivity contribution in [1.29, 1.82) is 0 Å². The summed E-state index contributed by atoms with van der Waals surface area (Å²) in [6, 6.07) is 11.8. The molecule has 0 aliphatic rings. The van der Waals surface area contributed by atoms with E-state index in [0.717, 1.165) is 40.4 Å². The molecule has 0 aliphatic heterocycles. The third-order valence-electron chi connectivity index (χ3n) is 4.29. The van der Waals surface area contributed by atoms with Gasteiger partial charge in [0, 0.05) is 6.42 Å². The quantitative estimate of drug-likeness (QED) is 0.286. The molecule has 0 aromatic heterocycles. The fraction of sp³-hybridized carbons (Fsp3) is 0.375. The Morgan fingerprint density at radius 3 is 2.48 bits per heavy atom. The summed E-state index contributed by atoms with van der Waals surface area (Å²) in [4.78, 5) is 4.71. The van der Waals surface area contributed by atoms with Crippen LogP contribution < -0.4 is 14.2 Å². The number of aryl methyl sites for hydroxylation is 2. The Hall–Kier alpha value is -2.95. The Balaban J connectivity index is 1.87. The van der Waals surface area contributed by atoms with E-state index in [1.807, 2.05) is 69.3 Å². The van der Waals surface area contributed by atoms with Gasteiger partial charge in [-0.25, -0.2) is 0 Å². The van der Waals surface area contributed by atoms with Crippen molar-refractivity contribution in [3.63, 3.8) is 0 Å². The minimum atomic E-state index is 0.0282. The van der Waals surface area contributed by atoms with Gasteiger partial charge in [0.2, 0.25) is 0 Å². The van der Waals surface area contributed by atoms with Gasteiger partial charge in [-0.05, 0) is 68.7 Å². The minimum Gasteiger partial charge on any atom is -0.493 e. The molecule has 2 aromatic carbocycles. The second kappa shape index (κ2) is 11.8. The molecule has 0 bridgehead atoms. The zero-order chi connectivity index (χ0) is 21.1. The zero-order valence-electron chi connectivity index (χ0n) is 18.0. The van der Waals surface area contributed by atoms with E-state index in [-0.39, 0.29) is 6.10 Å². The molecule has 0 heterocycles. The van der Waals surface area contributed by atoms with Crippen LogP contribution in [-0.2, 0) is 4.84 Å². The van der Waals surface area contributed by atoms with Gasteiger partial charge >= 0.3 is 0 Å². The first-order valence-electron chi connectivity index (χ1n) is 9.84. The minimum absolute atomic E-state index is 0.0282. The lowest BCUT2D eigenvalue weighted by Gasteiger charge is -2.19. The third-order valence-corrected chi connectivity index (χ3v) is 4.29. The molecule has 156 valence electrons. The van der Waals surface area contributed by atoms with Gasteiger partial charge in [0.25, 0.3) is 0 Å². The number of nitrogens with zero attached hydrogens (tertiary/aromatic N) is 1. The summed E-state index contributed by atoms with van der Waals surface area (Å²) in [6.07, 6.45) is 6.41. The molecule has 1 atom stereocenters. The lowest BCUT2D eigenvalue weighted by atomic mass is 10.1. The Morgan fingerprint density at radius 2 is 1.79 bits per heavy atom. The van der Waals surface area contributed by atoms with Crippen molar-refractivity contribution in [1.82, 2.24) is 0 Å². The van der Waals surface area contributed by atoms with Crippen molar-refractivity contribution < 1.29 is 19.0 Å². The van der Waals surface area contributed by atoms with E-state index in [9.17, 15) is 0 Å². The highest BCUT2D eigenvalue weighted by Gasteiger charge is 2.11. The van der Waals surface area contributed by atoms with E-state index >= 15 is 0 Å². The number of hydrogen-bond donors (Lipinski definition) is 0. The fourth-order valence-corrected chi connectivity index (χ4v) is 2.82. The number of benzene rings is 2. The number of ether oxygens (including phenoxy) is 3. The van der Waals surface area contributed by atoms with Crippen LogP contribution in [0.2, 0.25) is 0 Å². The average molecular weight is 398 g/mol. The molecule has 0 fully saturated rings. The zero-order valence-corrected chi connectivity index (χ0v) is 18.0. The van der Waals surface area contributed by atoms with Crippen LogP contribution in [0.5, 0.6) is 17.2 Å². The summed E-state index contributed by atoms with van der Waals surface area (Å²) in [5.74, 6) is 2.57. The summed E-state index contributed by atoms with van der Waals surface area (Å²) in [5.41, 5.74) is 3.06. The van der Waals surface area contributed by atoms with Gasteiger partial charge in [-0.2, -0.15) is 0 Å². The summed E-state index contributed by atoms with van der Waals surface area (Å²) < 4.78 is 17.8. The summed E-state index contributed by atoms with van der Waals surface area (Å²) in [6.45, 7) is 9.26. The van der Waals surface area contributed by atoms with E-state index in [4.69, 9.17) is 19.0 Å². The molecule has 1 unspecified atom stereocenters. The second-order valence-electron chi connectivity index (χ2n) is 6.82. The molecule has 5 nitrogen and oxygen atoms in total. The Kier molecular flexibility index (Phi) is 9.09. The number of hydrogen-bond acceptors (Lipinski definition) is 5. The highest BCUT2D eigenvalue weighted by atomic mass is 16.6. The van der Waals surface area contributed by atoms with Crippen LogP contribution >= 0.6 is 0 Å². The van der Waals surface area contributed by atoms with Gasteiger partial charge in [0.1, 0.15) is 31.0 Å². The topological polar surface area (TPSA) is 49.3 Å². The Morgan fingerprint density at radius 1 is 1.03 bits per heavy atom. The van der Waals surface area contributed by atoms with Crippen LogP contribution in [0.25, 0.3) is 0 Å². The molecule has 0 amide bonds. The van der Waals surface area contributed by atoms with Crippen LogP contribution in [0.15, 0.2) is 53.7 Å². The summed E-state index contributed by atoms with van der Waals surface area (Å²) in [5, 5.41) is 3.77. The van der Waals surface area contributed by atoms with E-state index in [1.165, 1.54) is 7.11 Å². The van der Waals surface area contributed by atoms with Crippen molar-refractivity contribution in [2.75, 3.05) is 20.3 Å². The first-order valence-corrected chi connectivity index (χ1v) is 9.84. The first kappa shape index (κ1) is 22.3. The monoisotopic (exact) mass is 397 g/mol. The van der Waals surface area contributed by atoms with Crippen molar-refractivity contribution >= 4 is 6.21 Å². The Bertz CT molecular complexity index is 806. The molecule has 0 saturated carbocycles. The van der Waals surface area contributed by atoms with Gasteiger partial charge in [-0.3, -0.25) is 0 Å². The normalized spacial score (nSPS) is 12.3. The average Bonchev–Trinajstić information content (AvgIpc) is 2.70. The van der Waals surface area contributed by atoms with Crippen molar-refractivity contribution in [3.05, 3.63) is 65.2 Å². The van der Waals surface area contributed by atoms with E-state index in [0.29, 0.717) is 13.2 Å². The number of allylic oxidation sites excluding steroid dienone is 1. The van der Waals surface area contributed by atoms with Crippen molar-refractivity contribution in [2.24, 2.45) is 5.16 Å². The van der Waals surface area contributed by atoms with Crippen molar-refractivity contribution in [3.8, 4) is 17.2 Å². The molecule has 2 aromatic rings. The molecular weight excluding hydrogens is 366 g/mol. The fourth-order valence-electron chi connectivity index (χ4n) is 2.82. The van der Waals surface area contributed by atoms with Crippen molar-refractivity contribution in [2.45, 2.75) is 40.2 Å². The highest BCUT2D eigenvalue weighted by molar-refractivity contribution is 5.79. The molecule has 29 heavy (non-hydrogen) atoms. The van der Waals surface area contributed by atoms with Crippen LogP contribution in [0.1, 0.15) is 37.0 Å². The van der Waals surface area contributed by atoms with Crippen LogP contribution in [0.3, 0.4) is 0 Å². The number of oxime groups is 1. The predicted octanol–water partition coefficient (Wildman–Crippen LogP) is 5.48. The van der Waals surface area contributed by atoms with Crippen LogP contribution in [-0.4, -0.2) is 32.6 Å². The van der Waals surface area contributed by atoms with Gasteiger partial charge < -0.3 is 19.0 Å². The first-order chi connectivity index (χ1) is 14.0. The standard InChI is InChI=1S/C24H31NO4/c1-6-7-12-27-23-14-18(2)24(19(3)15-23)29-20(4)11-13-28-22-10-8-9-21(16-22)17-25-26-5/h6-10,14-17,20H,11-13H2,1-5H3/b7-6+,25-17+. The highest BCUT2D eigenvalue weighted by Crippen LogP contribution is 2.29. The lowest BCUT2D eigenvalue weighted by Crippen LogP contribution is -2.17. The molecule has 0 spiro atoms. The lowest BCUT2D eigenvalue weighted by molar-refractivity contribution is 0.175. The maximum Gasteiger partial charge on any atom is 0.125 e. The Labute approximate surface area is 173 Å². The third kappa shape index (κ3) is 7.53. The number of rotatable bonds is 11. The van der Waals surface area contributed by atoms with Gasteiger partial charge in [-0.1, -0.05) is 29.4 Å². The van der Waals surface area contributed by atoms with E-state index in [1.54, 1.807) is 6.21 Å². The molecule has 0 radical (unpaired) electrons. The maximum absolute atomic E-state index is 6.18. The summed E-state index contributed by atoms with van der Waals surface area (Å²) >= 11 is 0. The molecule has 2 rings (SSSR count). The predicted molar refractivity (Wildman–Crippen MR) is 117 cm³/mol. The van der Waals surface area contributed by atoms with Gasteiger partial charge in [0.15, 0.2) is 0 Å². The SMILES string of the molecule is C/C=C/COc1cc(C)c(OC(C)CCOc2cccc(/C=N/OC)c2)c(C)c1. The second-order valence-corrected chi connectivity index (χ2v) is 6.82. The van der Waals surface area contributed by atoms with Gasteiger partial charge in [-0.15, -0.1) is 0 Å². The molecule has 0 saturated heterocycles. The maximum atomic E-state index is 6.18. The van der Waals surface area contributed by atoms with Crippen LogP contribution in [0, 0.1) is 13.8 Å². The molecule has 5 heteroatoms. The van der Waals surface area contributed by atoms with Crippen LogP contribution in [0.4, 0.5) is 0 Å². The van der Waals surface area contributed by atoms with E-state index in [2.05, 4.69) is 12.1 Å². The van der Waals surface area contributed by atoms with E-state index < -0.39 is 0 Å². The smallest absolute Gasteiger partial charge is 0.125 e. The molecular formula is C24H31NO4. The molecule has 0 aliphatic carbocycles. The van der Waals surface area contributed by atoms with Gasteiger partial charge in [0.05, 0.1) is 18.9 Å². The molecule has 0 N–H and O–H groups in total. The summed E-state index contributed by atoms with van der Waals surface area (Å²) in [7, 11) is 1.52.